The molecule has 0 fully saturated rings. The molecule has 1 unspecified atom stereocenters. The Hall–Kier alpha value is -1.39. The lowest BCUT2D eigenvalue weighted by Gasteiger charge is -2.25. The van der Waals surface area contributed by atoms with Gasteiger partial charge < -0.3 is 15.4 Å². The molecule has 4 heteroatoms. The summed E-state index contributed by atoms with van der Waals surface area (Å²) in [5.41, 5.74) is 7.99. The molecule has 2 aromatic rings. The van der Waals surface area contributed by atoms with Crippen LogP contribution in [0.15, 0.2) is 24.3 Å². The number of imidazole rings is 1. The summed E-state index contributed by atoms with van der Waals surface area (Å²) in [6.45, 7) is 5.17. The van der Waals surface area contributed by atoms with E-state index in [2.05, 4.69) is 29.7 Å². The molecule has 0 aliphatic rings. The topological polar surface area (TPSA) is 64.1 Å². The van der Waals surface area contributed by atoms with E-state index in [1.54, 1.807) is 0 Å². The van der Waals surface area contributed by atoms with Gasteiger partial charge in [-0.25, -0.2) is 4.98 Å². The van der Waals surface area contributed by atoms with Crippen molar-refractivity contribution in [1.29, 1.82) is 0 Å². The van der Waals surface area contributed by atoms with E-state index in [-0.39, 0.29) is 6.61 Å². The number of hydrogen-bond donors (Lipinski definition) is 2. The lowest BCUT2D eigenvalue weighted by Crippen LogP contribution is -2.43. The van der Waals surface area contributed by atoms with Crippen LogP contribution in [0.2, 0.25) is 0 Å². The molecule has 21 heavy (non-hydrogen) atoms. The molecule has 3 N–H and O–H groups in total. The lowest BCUT2D eigenvalue weighted by atomic mass is 9.93. The zero-order chi connectivity index (χ0) is 15.3. The van der Waals surface area contributed by atoms with Crippen LogP contribution in [-0.4, -0.2) is 26.8 Å². The fraction of sp³-hybridized carbons (Fsp3) is 0.588. The Labute approximate surface area is 127 Å². The normalized spacial score (nSPS) is 14.5. The van der Waals surface area contributed by atoms with Crippen LogP contribution < -0.4 is 5.73 Å². The van der Waals surface area contributed by atoms with E-state index in [1.807, 2.05) is 13.0 Å². The van der Waals surface area contributed by atoms with Gasteiger partial charge in [-0.15, -0.1) is 0 Å². The number of aryl methyl sites for hydroxylation is 2. The number of hydrogen-bond acceptors (Lipinski definition) is 3. The standard InChI is InChI=1S/C17H27N3O/c1-3-8-16-19-14-9-5-6-10-15(14)20(16)12-7-11-17(18,4-2)13-21/h5-6,9-10,21H,3-4,7-8,11-13,18H2,1-2H3. The number of rotatable bonds is 8. The molecule has 0 amide bonds. The average molecular weight is 289 g/mol. The van der Waals surface area contributed by atoms with Crippen LogP contribution in [0.5, 0.6) is 0 Å². The molecule has 1 atom stereocenters. The van der Waals surface area contributed by atoms with E-state index in [4.69, 9.17) is 10.7 Å². The zero-order valence-electron chi connectivity index (χ0n) is 13.2. The molecule has 0 aliphatic carbocycles. The van der Waals surface area contributed by atoms with Crippen molar-refractivity contribution in [2.24, 2.45) is 5.73 Å². The number of aromatic nitrogens is 2. The molecule has 0 spiro atoms. The van der Waals surface area contributed by atoms with E-state index < -0.39 is 5.54 Å². The van der Waals surface area contributed by atoms with Crippen LogP contribution in [0.25, 0.3) is 11.0 Å². The van der Waals surface area contributed by atoms with Gasteiger partial charge in [0.15, 0.2) is 0 Å². The predicted octanol–water partition coefficient (Wildman–Crippen LogP) is 2.87. The largest absolute Gasteiger partial charge is 0.394 e. The fourth-order valence-electron chi connectivity index (χ4n) is 2.75. The van der Waals surface area contributed by atoms with Crippen LogP contribution in [0.4, 0.5) is 0 Å². The summed E-state index contributed by atoms with van der Waals surface area (Å²) in [5.74, 6) is 1.15. The Kier molecular flexibility index (Phi) is 5.37. The van der Waals surface area contributed by atoms with Gasteiger partial charge in [0.1, 0.15) is 5.82 Å². The maximum Gasteiger partial charge on any atom is 0.109 e. The fourth-order valence-corrected chi connectivity index (χ4v) is 2.75. The quantitative estimate of drug-likeness (QED) is 0.785. The van der Waals surface area contributed by atoms with Gasteiger partial charge >= 0.3 is 0 Å². The number of benzene rings is 1. The first-order valence-electron chi connectivity index (χ1n) is 7.97. The Balaban J connectivity index is 2.15. The Morgan fingerprint density at radius 1 is 1.29 bits per heavy atom. The van der Waals surface area contributed by atoms with E-state index in [1.165, 1.54) is 5.52 Å². The van der Waals surface area contributed by atoms with Crippen LogP contribution in [0.1, 0.15) is 45.4 Å². The highest BCUT2D eigenvalue weighted by atomic mass is 16.3. The monoisotopic (exact) mass is 289 g/mol. The molecule has 116 valence electrons. The third-order valence-corrected chi connectivity index (χ3v) is 4.28. The molecule has 1 heterocycles. The van der Waals surface area contributed by atoms with Gasteiger partial charge in [0, 0.05) is 18.5 Å². The van der Waals surface area contributed by atoms with Crippen molar-refractivity contribution in [3.63, 3.8) is 0 Å². The van der Waals surface area contributed by atoms with Crippen molar-refractivity contribution >= 4 is 11.0 Å². The van der Waals surface area contributed by atoms with Gasteiger partial charge in [-0.3, -0.25) is 0 Å². The SMILES string of the molecule is CCCc1nc2ccccc2n1CCCC(N)(CC)CO. The van der Waals surface area contributed by atoms with E-state index in [0.29, 0.717) is 0 Å². The molecule has 0 bridgehead atoms. The zero-order valence-corrected chi connectivity index (χ0v) is 13.2. The predicted molar refractivity (Wildman–Crippen MR) is 87.3 cm³/mol. The maximum absolute atomic E-state index is 9.41. The third kappa shape index (κ3) is 3.63. The summed E-state index contributed by atoms with van der Waals surface area (Å²) < 4.78 is 2.31. The van der Waals surface area contributed by atoms with Crippen molar-refractivity contribution < 1.29 is 5.11 Å². The first-order valence-corrected chi connectivity index (χ1v) is 7.97. The summed E-state index contributed by atoms with van der Waals surface area (Å²) in [6.07, 6.45) is 4.68. The minimum absolute atomic E-state index is 0.0516. The van der Waals surface area contributed by atoms with Crippen LogP contribution in [0, 0.1) is 0 Å². The van der Waals surface area contributed by atoms with Gasteiger partial charge in [0.2, 0.25) is 0 Å². The summed E-state index contributed by atoms with van der Waals surface area (Å²) in [4.78, 5) is 4.74. The van der Waals surface area contributed by atoms with E-state index in [9.17, 15) is 5.11 Å². The number of para-hydroxylation sites is 2. The molecular weight excluding hydrogens is 262 g/mol. The van der Waals surface area contributed by atoms with Gasteiger partial charge in [-0.05, 0) is 37.8 Å². The van der Waals surface area contributed by atoms with Crippen molar-refractivity contribution in [3.8, 4) is 0 Å². The molecule has 1 aromatic heterocycles. The van der Waals surface area contributed by atoms with Crippen molar-refractivity contribution in [2.75, 3.05) is 6.61 Å². The van der Waals surface area contributed by atoms with Crippen molar-refractivity contribution in [2.45, 2.75) is 58.0 Å². The number of fused-ring (bicyclic) bond motifs is 1. The van der Waals surface area contributed by atoms with Crippen LogP contribution >= 0.6 is 0 Å². The van der Waals surface area contributed by atoms with Crippen molar-refractivity contribution in [1.82, 2.24) is 9.55 Å². The third-order valence-electron chi connectivity index (χ3n) is 4.28. The molecule has 2 rings (SSSR count). The second-order valence-electron chi connectivity index (χ2n) is 5.90. The molecule has 0 aliphatic heterocycles. The van der Waals surface area contributed by atoms with Crippen molar-refractivity contribution in [3.05, 3.63) is 30.1 Å². The van der Waals surface area contributed by atoms with E-state index >= 15 is 0 Å². The summed E-state index contributed by atoms with van der Waals surface area (Å²) in [7, 11) is 0. The summed E-state index contributed by atoms with van der Waals surface area (Å²) >= 11 is 0. The van der Waals surface area contributed by atoms with Gasteiger partial charge in [0.25, 0.3) is 0 Å². The van der Waals surface area contributed by atoms with Crippen LogP contribution in [0.3, 0.4) is 0 Å². The van der Waals surface area contributed by atoms with Gasteiger partial charge in [0.05, 0.1) is 17.6 Å². The Morgan fingerprint density at radius 3 is 2.71 bits per heavy atom. The molecule has 1 aromatic carbocycles. The Bertz CT molecular complexity index is 572. The van der Waals surface area contributed by atoms with Crippen LogP contribution in [-0.2, 0) is 13.0 Å². The molecule has 0 saturated heterocycles. The average Bonchev–Trinajstić information content (AvgIpc) is 2.85. The highest BCUT2D eigenvalue weighted by Gasteiger charge is 2.21. The van der Waals surface area contributed by atoms with E-state index in [0.717, 1.165) is 50.0 Å². The highest BCUT2D eigenvalue weighted by Crippen LogP contribution is 2.20. The number of aliphatic hydroxyl groups excluding tert-OH is 1. The minimum Gasteiger partial charge on any atom is -0.394 e. The van der Waals surface area contributed by atoms with Gasteiger partial charge in [-0.2, -0.15) is 0 Å². The second-order valence-corrected chi connectivity index (χ2v) is 5.90. The lowest BCUT2D eigenvalue weighted by molar-refractivity contribution is 0.178. The maximum atomic E-state index is 9.41. The molecule has 0 radical (unpaired) electrons. The smallest absolute Gasteiger partial charge is 0.109 e. The Morgan fingerprint density at radius 2 is 2.05 bits per heavy atom. The first-order chi connectivity index (χ1) is 10.1. The molecule has 4 nitrogen and oxygen atoms in total. The minimum atomic E-state index is -0.443. The second kappa shape index (κ2) is 7.05. The molecular formula is C17H27N3O. The number of aliphatic hydroxyl groups is 1. The number of nitrogens with two attached hydrogens (primary N) is 1. The summed E-state index contributed by atoms with van der Waals surface area (Å²) in [5, 5.41) is 9.41. The highest BCUT2D eigenvalue weighted by molar-refractivity contribution is 5.75. The first kappa shape index (κ1) is 16.0. The molecule has 0 saturated carbocycles. The number of nitrogens with zero attached hydrogens (tertiary/aromatic N) is 2. The van der Waals surface area contributed by atoms with Gasteiger partial charge in [-0.1, -0.05) is 26.0 Å². The summed E-state index contributed by atoms with van der Waals surface area (Å²) in [6, 6.07) is 8.29.